The number of esters is 1. The largest absolute Gasteiger partial charge is 0.462 e. The third-order valence-electron chi connectivity index (χ3n) is 10.1. The van der Waals surface area contributed by atoms with Crippen molar-refractivity contribution in [2.75, 3.05) is 13.1 Å². The van der Waals surface area contributed by atoms with E-state index in [1.807, 2.05) is 0 Å². The molecule has 4 fully saturated rings. The van der Waals surface area contributed by atoms with Crippen LogP contribution in [0.15, 0.2) is 0 Å². The Morgan fingerprint density at radius 3 is 2.29 bits per heavy atom. The predicted molar refractivity (Wildman–Crippen MR) is 123 cm³/mol. The summed E-state index contributed by atoms with van der Waals surface area (Å²) in [6, 6.07) is 0. The highest BCUT2D eigenvalue weighted by Crippen LogP contribution is 2.66. The number of unbranched alkanes of at least 4 members (excludes halogenated alkanes) is 2. The Balaban J connectivity index is 1.51. The number of fused-ring (bicyclic) bond motifs is 5. The van der Waals surface area contributed by atoms with E-state index in [1.54, 1.807) is 0 Å². The Morgan fingerprint density at radius 2 is 1.61 bits per heavy atom. The number of amides is 1. The first-order valence-electron chi connectivity index (χ1n) is 13.3. The van der Waals surface area contributed by atoms with Crippen molar-refractivity contribution in [3.63, 3.8) is 0 Å². The predicted octanol–water partition coefficient (Wildman–Crippen LogP) is 5.98. The molecule has 1 heterocycles. The van der Waals surface area contributed by atoms with E-state index < -0.39 is 0 Å². The number of nitrogens with zero attached hydrogens (tertiary/aromatic N) is 1. The molecule has 0 N–H and O–H groups in total. The minimum Gasteiger partial charge on any atom is -0.462 e. The molecule has 4 nitrogen and oxygen atoms in total. The van der Waals surface area contributed by atoms with Crippen LogP contribution in [0.3, 0.4) is 0 Å². The van der Waals surface area contributed by atoms with E-state index in [4.69, 9.17) is 4.74 Å². The van der Waals surface area contributed by atoms with E-state index in [1.165, 1.54) is 25.7 Å². The molecule has 31 heavy (non-hydrogen) atoms. The van der Waals surface area contributed by atoms with Crippen molar-refractivity contribution in [3.8, 4) is 0 Å². The van der Waals surface area contributed by atoms with Crippen LogP contribution in [0.5, 0.6) is 0 Å². The minimum atomic E-state index is 0.00681. The maximum Gasteiger partial charge on any atom is 0.306 e. The van der Waals surface area contributed by atoms with Gasteiger partial charge in [0.25, 0.3) is 0 Å². The molecule has 1 saturated heterocycles. The number of hydrogen-bond donors (Lipinski definition) is 0. The van der Waals surface area contributed by atoms with Crippen LogP contribution in [0, 0.1) is 34.5 Å². The van der Waals surface area contributed by atoms with Crippen molar-refractivity contribution >= 4 is 11.9 Å². The van der Waals surface area contributed by atoms with E-state index in [0.29, 0.717) is 30.1 Å². The van der Waals surface area contributed by atoms with Gasteiger partial charge in [-0.1, -0.05) is 40.5 Å². The van der Waals surface area contributed by atoms with Gasteiger partial charge in [-0.05, 0) is 81.0 Å². The second-order valence-electron chi connectivity index (χ2n) is 11.6. The Hall–Kier alpha value is -1.06. The zero-order valence-electron chi connectivity index (χ0n) is 20.5. The molecule has 3 saturated carbocycles. The van der Waals surface area contributed by atoms with Crippen molar-refractivity contribution in [1.29, 1.82) is 0 Å². The number of carbonyl (C=O) groups excluding carboxylic acids is 2. The number of hydrogen-bond acceptors (Lipinski definition) is 3. The van der Waals surface area contributed by atoms with Gasteiger partial charge in [0.05, 0.1) is 0 Å². The maximum absolute atomic E-state index is 13.8. The highest BCUT2D eigenvalue weighted by atomic mass is 16.5. The van der Waals surface area contributed by atoms with Gasteiger partial charge in [-0.3, -0.25) is 9.59 Å². The fourth-order valence-electron chi connectivity index (χ4n) is 8.21. The molecule has 0 aromatic heterocycles. The van der Waals surface area contributed by atoms with Crippen LogP contribution >= 0.6 is 0 Å². The van der Waals surface area contributed by atoms with Gasteiger partial charge in [-0.2, -0.15) is 0 Å². The summed E-state index contributed by atoms with van der Waals surface area (Å²) >= 11 is 0. The molecule has 1 amide bonds. The van der Waals surface area contributed by atoms with Gasteiger partial charge in [-0.15, -0.1) is 0 Å². The first kappa shape index (κ1) is 23.1. The molecule has 1 aliphatic heterocycles. The van der Waals surface area contributed by atoms with Gasteiger partial charge in [0, 0.05) is 30.8 Å². The molecule has 176 valence electrons. The fraction of sp³-hybridized carbons (Fsp3) is 0.926. The van der Waals surface area contributed by atoms with Crippen molar-refractivity contribution in [1.82, 2.24) is 4.90 Å². The normalized spacial score (nSPS) is 41.7. The van der Waals surface area contributed by atoms with Crippen LogP contribution in [-0.4, -0.2) is 36.0 Å². The SMILES string of the molecule is CCCCN(CCCC)C(=O)[C@H]1CC[C@H]2[C@@H]3CC[C@H]4OC(=O)CC[C@]4(C)[C@H]3CC[C@]12C. The summed E-state index contributed by atoms with van der Waals surface area (Å²) in [5.41, 5.74) is 0.304. The summed E-state index contributed by atoms with van der Waals surface area (Å²) in [7, 11) is 0. The number of carbonyl (C=O) groups is 2. The van der Waals surface area contributed by atoms with Crippen LogP contribution in [0.1, 0.15) is 105 Å². The molecule has 0 aromatic rings. The van der Waals surface area contributed by atoms with Crippen LogP contribution < -0.4 is 0 Å². The summed E-state index contributed by atoms with van der Waals surface area (Å²) in [6.45, 7) is 11.2. The lowest BCUT2D eigenvalue weighted by Gasteiger charge is -2.59. The van der Waals surface area contributed by atoms with E-state index in [-0.39, 0.29) is 28.8 Å². The molecule has 0 bridgehead atoms. The van der Waals surface area contributed by atoms with Crippen molar-refractivity contribution < 1.29 is 14.3 Å². The standard InChI is InChI=1S/C27H45NO3/c1-5-7-17-28(18-8-6-2)25(30)22-11-10-20-19-9-12-23-27(4,16-14-24(29)31-23)21(19)13-15-26(20,22)3/h19-23H,5-18H2,1-4H3/t19-,20-,21-,22+,23+,26-,27+/m0/s1. The summed E-state index contributed by atoms with van der Waals surface area (Å²) in [6.07, 6.45) is 13.1. The molecule has 0 aromatic carbocycles. The maximum atomic E-state index is 13.8. The third kappa shape index (κ3) is 3.95. The first-order valence-corrected chi connectivity index (χ1v) is 13.3. The monoisotopic (exact) mass is 431 g/mol. The molecular formula is C27H45NO3. The van der Waals surface area contributed by atoms with E-state index in [0.717, 1.165) is 58.0 Å². The molecule has 0 spiro atoms. The van der Waals surface area contributed by atoms with Crippen LogP contribution in [-0.2, 0) is 14.3 Å². The molecule has 7 atom stereocenters. The van der Waals surface area contributed by atoms with Crippen molar-refractivity contribution in [2.45, 2.75) is 111 Å². The van der Waals surface area contributed by atoms with Crippen LogP contribution in [0.4, 0.5) is 0 Å². The van der Waals surface area contributed by atoms with Crippen LogP contribution in [0.25, 0.3) is 0 Å². The molecule has 0 radical (unpaired) electrons. The quantitative estimate of drug-likeness (QED) is 0.466. The lowest BCUT2D eigenvalue weighted by molar-refractivity contribution is -0.192. The first-order chi connectivity index (χ1) is 14.8. The summed E-state index contributed by atoms with van der Waals surface area (Å²) < 4.78 is 5.84. The molecule has 3 aliphatic carbocycles. The second-order valence-corrected chi connectivity index (χ2v) is 11.6. The Kier molecular flexibility index (Phi) is 6.75. The van der Waals surface area contributed by atoms with Gasteiger partial charge in [-0.25, -0.2) is 0 Å². The third-order valence-corrected chi connectivity index (χ3v) is 10.1. The van der Waals surface area contributed by atoms with Crippen LogP contribution in [0.2, 0.25) is 0 Å². The van der Waals surface area contributed by atoms with Gasteiger partial charge >= 0.3 is 5.97 Å². The number of ether oxygens (including phenoxy) is 1. The molecule has 4 aliphatic rings. The Morgan fingerprint density at radius 1 is 0.935 bits per heavy atom. The lowest BCUT2D eigenvalue weighted by Crippen LogP contribution is -2.57. The Labute approximate surface area is 189 Å². The van der Waals surface area contributed by atoms with Crippen molar-refractivity contribution in [2.24, 2.45) is 34.5 Å². The van der Waals surface area contributed by atoms with Crippen molar-refractivity contribution in [3.05, 3.63) is 0 Å². The topological polar surface area (TPSA) is 46.6 Å². The highest BCUT2D eigenvalue weighted by Gasteiger charge is 2.62. The van der Waals surface area contributed by atoms with Gasteiger partial charge in [0.1, 0.15) is 6.10 Å². The zero-order valence-corrected chi connectivity index (χ0v) is 20.5. The molecule has 4 rings (SSSR count). The Bertz CT molecular complexity index is 669. The average Bonchev–Trinajstić information content (AvgIpc) is 3.11. The van der Waals surface area contributed by atoms with Gasteiger partial charge in [0.15, 0.2) is 0 Å². The van der Waals surface area contributed by atoms with Gasteiger partial charge < -0.3 is 9.64 Å². The zero-order chi connectivity index (χ0) is 22.2. The summed E-state index contributed by atoms with van der Waals surface area (Å²) in [5, 5.41) is 0. The summed E-state index contributed by atoms with van der Waals surface area (Å²) in [5.74, 6) is 2.69. The van der Waals surface area contributed by atoms with E-state index in [2.05, 4.69) is 32.6 Å². The number of rotatable bonds is 7. The lowest BCUT2D eigenvalue weighted by atomic mass is 9.47. The summed E-state index contributed by atoms with van der Waals surface area (Å²) in [4.78, 5) is 27.9. The molecular weight excluding hydrogens is 386 g/mol. The van der Waals surface area contributed by atoms with Gasteiger partial charge in [0.2, 0.25) is 5.91 Å². The smallest absolute Gasteiger partial charge is 0.306 e. The highest BCUT2D eigenvalue weighted by molar-refractivity contribution is 5.80. The van der Waals surface area contributed by atoms with E-state index in [9.17, 15) is 9.59 Å². The second kappa shape index (κ2) is 9.06. The molecule has 4 heteroatoms. The average molecular weight is 432 g/mol. The minimum absolute atomic E-state index is 0.00681. The fourth-order valence-corrected chi connectivity index (χ4v) is 8.21. The van der Waals surface area contributed by atoms with E-state index >= 15 is 0 Å². The molecule has 0 unspecified atom stereocenters.